The first-order chi connectivity index (χ1) is 61.8. The number of hydrogen-bond acceptors (Lipinski definition) is 11. The van der Waals surface area contributed by atoms with Gasteiger partial charge in [-0.15, -0.1) is 0 Å². The summed E-state index contributed by atoms with van der Waals surface area (Å²) >= 11 is 0. The van der Waals surface area contributed by atoms with E-state index in [0.29, 0.717) is 17.3 Å². The average molecular weight is 1670 g/mol. The summed E-state index contributed by atoms with van der Waals surface area (Å²) in [5.41, 5.74) is 36.9. The van der Waals surface area contributed by atoms with Gasteiger partial charge in [0.1, 0.15) is 34.8 Å². The highest BCUT2D eigenvalue weighted by Gasteiger charge is 2.28. The van der Waals surface area contributed by atoms with Crippen molar-refractivity contribution in [3.8, 4) is 34.0 Å². The van der Waals surface area contributed by atoms with Crippen LogP contribution in [0.4, 0.5) is 22.0 Å². The van der Waals surface area contributed by atoms with E-state index >= 15 is 0 Å². The highest BCUT2D eigenvalue weighted by molar-refractivity contribution is 6.20. The molecule has 4 aliphatic heterocycles. The molecule has 127 heavy (non-hydrogen) atoms. The maximum absolute atomic E-state index is 13.4. The van der Waals surface area contributed by atoms with Gasteiger partial charge in [-0.05, 0) is 315 Å². The number of rotatable bonds is 15. The average Bonchev–Trinajstić information content (AvgIpc) is 1.62. The van der Waals surface area contributed by atoms with E-state index in [1.54, 1.807) is 123 Å². The lowest BCUT2D eigenvalue weighted by Crippen LogP contribution is -2.04. The summed E-state index contributed by atoms with van der Waals surface area (Å²) in [5, 5.41) is 0. The topological polar surface area (TPSA) is 140 Å². The maximum Gasteiger partial charge on any atom is 0.227 e. The third-order valence-electron chi connectivity index (χ3n) is 22.2. The Bertz CT molecular complexity index is 6450. The van der Waals surface area contributed by atoms with Crippen LogP contribution >= 0.6 is 0 Å². The van der Waals surface area contributed by atoms with Gasteiger partial charge >= 0.3 is 0 Å². The highest BCUT2D eigenvalue weighted by atomic mass is 19.1. The summed E-state index contributed by atoms with van der Waals surface area (Å²) < 4.78 is 72.7. The number of aryl methyl sites for hydroxylation is 7. The Morgan fingerprint density at radius 3 is 0.724 bits per heavy atom. The van der Waals surface area contributed by atoms with Crippen LogP contribution in [0, 0.1) is 77.6 Å². The minimum atomic E-state index is -0.281. The van der Waals surface area contributed by atoms with Crippen LogP contribution in [0.5, 0.6) is 0 Å². The van der Waals surface area contributed by atoms with E-state index in [0.717, 1.165) is 171 Å². The van der Waals surface area contributed by atoms with Gasteiger partial charge in [0.05, 0.1) is 45.6 Å². The predicted octanol–water partition coefficient (Wildman–Crippen LogP) is 27.3. The van der Waals surface area contributed by atoms with Crippen LogP contribution < -0.4 is 0 Å². The van der Waals surface area contributed by atoms with Crippen molar-refractivity contribution in [2.75, 3.05) is 0 Å². The van der Waals surface area contributed by atoms with E-state index in [-0.39, 0.29) is 29.1 Å². The third kappa shape index (κ3) is 20.7. The molecule has 10 heterocycles. The van der Waals surface area contributed by atoms with Gasteiger partial charge < -0.3 is 4.42 Å². The summed E-state index contributed by atoms with van der Waals surface area (Å²) in [6.45, 7) is 14.6. The molecule has 20 rings (SSSR count). The Kier molecular flexibility index (Phi) is 26.3. The van der Waals surface area contributed by atoms with Crippen LogP contribution in [0.1, 0.15) is 131 Å². The van der Waals surface area contributed by atoms with Crippen molar-refractivity contribution in [1.29, 1.82) is 0 Å². The van der Waals surface area contributed by atoms with Gasteiger partial charge in [-0.2, -0.15) is 0 Å². The van der Waals surface area contributed by atoms with Gasteiger partial charge in [0.25, 0.3) is 0 Å². The fourth-order valence-corrected chi connectivity index (χ4v) is 15.7. The molecule has 0 fully saturated rings. The molecule has 0 N–H and O–H groups in total. The van der Waals surface area contributed by atoms with Gasteiger partial charge in [-0.3, -0.25) is 44.9 Å². The number of nitrogens with zero attached hydrogens (tertiary/aromatic N) is 10. The van der Waals surface area contributed by atoms with E-state index in [9.17, 15) is 22.0 Å². The molecule has 4 aliphatic rings. The largest absolute Gasteiger partial charge is 0.435 e. The number of halogens is 5. The fourth-order valence-electron chi connectivity index (χ4n) is 15.7. The van der Waals surface area contributed by atoms with E-state index in [2.05, 4.69) is 156 Å². The van der Waals surface area contributed by atoms with Crippen molar-refractivity contribution in [1.82, 2.24) is 29.9 Å². The molecule has 0 aliphatic carbocycles. The van der Waals surface area contributed by atoms with Crippen LogP contribution in [-0.2, 0) is 0 Å². The Morgan fingerprint density at radius 2 is 0.449 bits per heavy atom. The Morgan fingerprint density at radius 1 is 0.220 bits per heavy atom. The molecule has 0 bridgehead atoms. The van der Waals surface area contributed by atoms with E-state index in [1.807, 2.05) is 91.9 Å². The zero-order chi connectivity index (χ0) is 87.9. The van der Waals surface area contributed by atoms with Crippen LogP contribution in [-0.4, -0.2) is 52.8 Å². The van der Waals surface area contributed by atoms with Gasteiger partial charge in [-0.25, -0.2) is 26.9 Å². The van der Waals surface area contributed by atoms with E-state index < -0.39 is 0 Å². The lowest BCUT2D eigenvalue weighted by molar-refractivity contribution is 0.589. The number of allylic oxidation sites excluding steroid dienone is 4. The number of aliphatic imine (C=N–C) groups is 4. The molecule has 16 aromatic rings. The maximum atomic E-state index is 13.4. The van der Waals surface area contributed by atoms with Gasteiger partial charge in [-0.1, -0.05) is 125 Å². The molecule has 0 spiro atoms. The van der Waals surface area contributed by atoms with Crippen molar-refractivity contribution < 1.29 is 26.4 Å². The predicted molar refractivity (Wildman–Crippen MR) is 504 cm³/mol. The molecule has 622 valence electrons. The van der Waals surface area contributed by atoms with Gasteiger partial charge in [0, 0.05) is 132 Å². The quantitative estimate of drug-likeness (QED) is 0.0931. The Balaban J connectivity index is 0.000000117. The van der Waals surface area contributed by atoms with Gasteiger partial charge in [0.2, 0.25) is 5.89 Å². The smallest absolute Gasteiger partial charge is 0.227 e. The summed E-state index contributed by atoms with van der Waals surface area (Å²) in [6.07, 6.45) is 20.7. The minimum absolute atomic E-state index is 0.239. The summed E-state index contributed by atoms with van der Waals surface area (Å²) in [5.74, 6) is -0.0638. The zero-order valence-electron chi connectivity index (χ0n) is 71.1. The van der Waals surface area contributed by atoms with Crippen molar-refractivity contribution in [3.05, 3.63) is 488 Å². The standard InChI is InChI=1S/C24H21FN2.3C22H17FN2.C21H15FN2O/c1-15-12-16(2)23(17(3)13-15)22-14-21(18-8-10-26-11-9-18)24(27-22)19-4-6-20(25)7-5-19;3*1-15-2-4-17(5-3-15)21-14-20(16-10-12-24-13-11-16)22(25-21)18-6-8-19(23)9-7-18;1-14-2-4-17(5-3-14)21-24-19(15-6-8-18(22)9-7-15)20(25-21)16-10-12-23-13-11-16/h4-13H,14H2,1-3H3;3*2-13H,14H2,1H3;2-13H,1H3. The second-order valence-corrected chi connectivity index (χ2v) is 31.4. The second-order valence-electron chi connectivity index (χ2n) is 31.4. The van der Waals surface area contributed by atoms with Crippen LogP contribution in [0.25, 0.3) is 79.1 Å². The summed E-state index contributed by atoms with van der Waals surface area (Å²) in [4.78, 5) is 44.9. The molecule has 0 amide bonds. The van der Waals surface area contributed by atoms with Crippen molar-refractivity contribution in [2.24, 2.45) is 20.0 Å². The van der Waals surface area contributed by atoms with E-state index in [1.165, 1.54) is 105 Å². The van der Waals surface area contributed by atoms with Gasteiger partial charge in [0.15, 0.2) is 5.76 Å². The number of pyridine rings is 5. The Labute approximate surface area is 735 Å². The van der Waals surface area contributed by atoms with Crippen LogP contribution in [0.2, 0.25) is 0 Å². The molecular formula is C111H87F5N10O. The lowest BCUT2D eigenvalue weighted by atomic mass is 9.92. The highest BCUT2D eigenvalue weighted by Crippen LogP contribution is 2.43. The monoisotopic (exact) mass is 1670 g/mol. The molecule has 0 unspecified atom stereocenters. The molecule has 10 aromatic carbocycles. The first-order valence-electron chi connectivity index (χ1n) is 41.8. The molecule has 0 saturated heterocycles. The number of aromatic nitrogens is 6. The van der Waals surface area contributed by atoms with E-state index in [4.69, 9.17) is 24.4 Å². The molecule has 0 atom stereocenters. The Hall–Kier alpha value is -15.6. The van der Waals surface area contributed by atoms with Crippen LogP contribution in [0.3, 0.4) is 0 Å². The fraction of sp³-hybridized carbons (Fsp3) is 0.0991. The summed E-state index contributed by atoms with van der Waals surface area (Å²) in [6, 6.07) is 89.7. The zero-order valence-corrected chi connectivity index (χ0v) is 71.1. The SMILES string of the molecule is Cc1cc(C)c(C2=NC(c3ccc(F)cc3)=C(c3ccncc3)C2)c(C)c1.Cc1ccc(-c2nc(-c3ccc(F)cc3)c(-c3ccncc3)o2)cc1.Cc1ccc(C2=NC(c3ccc(F)cc3)=C(c3ccncc3)C2)cc1.Cc1ccc(C2=NC(c3ccc(F)cc3)=C(c3ccncc3)C2)cc1.Cc1ccc(C2=NC(c3ccc(F)cc3)=C(c3ccncc3)C2)cc1. The normalized spacial score (nSPS) is 13.3. The van der Waals surface area contributed by atoms with Crippen molar-refractivity contribution in [3.63, 3.8) is 0 Å². The molecule has 6 aromatic heterocycles. The molecule has 16 heteroatoms. The first-order valence-corrected chi connectivity index (χ1v) is 41.8. The van der Waals surface area contributed by atoms with Crippen molar-refractivity contribution >= 4 is 67.9 Å². The van der Waals surface area contributed by atoms with Crippen LogP contribution in [0.15, 0.2) is 378 Å². The third-order valence-corrected chi connectivity index (χ3v) is 22.2. The molecule has 0 saturated carbocycles. The number of hydrogen-bond donors (Lipinski definition) is 0. The minimum Gasteiger partial charge on any atom is -0.435 e. The first kappa shape index (κ1) is 85.0. The van der Waals surface area contributed by atoms with Crippen molar-refractivity contribution in [2.45, 2.75) is 74.1 Å². The number of oxazole rings is 1. The molecular weight excluding hydrogens is 1580 g/mol. The number of benzene rings is 10. The molecule has 0 radical (unpaired) electrons. The lowest BCUT2D eigenvalue weighted by Gasteiger charge is -2.12. The molecule has 11 nitrogen and oxygen atoms in total. The second kappa shape index (κ2) is 39.3. The summed E-state index contributed by atoms with van der Waals surface area (Å²) in [7, 11) is 0.